The maximum Gasteiger partial charge on any atom is 0.244 e. The average molecular weight is 522 g/mol. The summed E-state index contributed by atoms with van der Waals surface area (Å²) in [6, 6.07) is 13.3. The number of benzene rings is 2. The van der Waals surface area contributed by atoms with Gasteiger partial charge in [0.15, 0.2) is 0 Å². The van der Waals surface area contributed by atoms with E-state index in [1.54, 1.807) is 36.4 Å². The first-order valence-corrected chi connectivity index (χ1v) is 13.9. The predicted octanol–water partition coefficient (Wildman–Crippen LogP) is 4.39. The number of amides is 2. The van der Waals surface area contributed by atoms with Gasteiger partial charge in [-0.25, -0.2) is 8.42 Å². The Kier molecular flexibility index (Phi) is 9.75. The van der Waals surface area contributed by atoms with E-state index < -0.39 is 34.1 Å². The van der Waals surface area contributed by atoms with E-state index in [0.717, 1.165) is 28.1 Å². The van der Waals surface area contributed by atoms with Crippen molar-refractivity contribution in [1.29, 1.82) is 0 Å². The minimum atomic E-state index is -3.76. The maximum atomic E-state index is 13.7. The monoisotopic (exact) mass is 521 g/mol. The summed E-state index contributed by atoms with van der Waals surface area (Å²) in [6.07, 6.45) is 2.25. The molecule has 0 aliphatic carbocycles. The Morgan fingerprint density at radius 1 is 0.971 bits per heavy atom. The van der Waals surface area contributed by atoms with Gasteiger partial charge in [-0.05, 0) is 69.0 Å². The second kappa shape index (κ2) is 11.9. The molecule has 0 spiro atoms. The molecule has 2 aromatic carbocycles. The third-order valence-corrected chi connectivity index (χ3v) is 6.85. The maximum absolute atomic E-state index is 13.7. The molecule has 2 aromatic rings. The van der Waals surface area contributed by atoms with Crippen LogP contribution < -0.4 is 9.62 Å². The van der Waals surface area contributed by atoms with E-state index in [1.165, 1.54) is 4.90 Å². The van der Waals surface area contributed by atoms with Crippen LogP contribution in [0.5, 0.6) is 0 Å². The first-order chi connectivity index (χ1) is 16.2. The number of sulfonamides is 1. The molecule has 2 amide bonds. The van der Waals surface area contributed by atoms with Gasteiger partial charge in [-0.1, -0.05) is 49.7 Å². The van der Waals surface area contributed by atoms with Crippen molar-refractivity contribution in [2.45, 2.75) is 65.6 Å². The SMILES string of the molecule is CCc1ccc(N(CC(=O)N(Cc2ccc(Cl)cc2)C(CC)C(=O)NC(C)(C)C)S(C)(=O)=O)cc1. The van der Waals surface area contributed by atoms with E-state index in [0.29, 0.717) is 17.1 Å². The van der Waals surface area contributed by atoms with Crippen molar-refractivity contribution in [3.8, 4) is 0 Å². The minimum absolute atomic E-state index is 0.137. The van der Waals surface area contributed by atoms with Crippen LogP contribution in [0.25, 0.3) is 0 Å². The summed E-state index contributed by atoms with van der Waals surface area (Å²) in [5, 5.41) is 3.50. The van der Waals surface area contributed by atoms with E-state index in [2.05, 4.69) is 5.32 Å². The van der Waals surface area contributed by atoms with E-state index in [-0.39, 0.29) is 12.5 Å². The van der Waals surface area contributed by atoms with Gasteiger partial charge in [0, 0.05) is 17.1 Å². The Morgan fingerprint density at radius 3 is 1.97 bits per heavy atom. The van der Waals surface area contributed by atoms with Gasteiger partial charge in [0.1, 0.15) is 12.6 Å². The number of carbonyl (C=O) groups excluding carboxylic acids is 2. The lowest BCUT2D eigenvalue weighted by molar-refractivity contribution is -0.141. The molecule has 0 fully saturated rings. The van der Waals surface area contributed by atoms with Crippen molar-refractivity contribution in [2.24, 2.45) is 0 Å². The molecule has 0 aliphatic rings. The molecule has 0 radical (unpaired) electrons. The van der Waals surface area contributed by atoms with Crippen LogP contribution in [0.15, 0.2) is 48.5 Å². The van der Waals surface area contributed by atoms with Gasteiger partial charge in [-0.15, -0.1) is 0 Å². The van der Waals surface area contributed by atoms with Gasteiger partial charge in [-0.2, -0.15) is 0 Å². The highest BCUT2D eigenvalue weighted by Crippen LogP contribution is 2.21. The van der Waals surface area contributed by atoms with Crippen LogP contribution in [0, 0.1) is 0 Å². The Bertz CT molecular complexity index is 1110. The van der Waals surface area contributed by atoms with Crippen LogP contribution in [-0.2, 0) is 32.6 Å². The lowest BCUT2D eigenvalue weighted by Gasteiger charge is -2.34. The van der Waals surface area contributed by atoms with Crippen molar-refractivity contribution >= 4 is 39.1 Å². The summed E-state index contributed by atoms with van der Waals surface area (Å²) in [5.74, 6) is -0.763. The molecule has 9 heteroatoms. The van der Waals surface area contributed by atoms with Crippen LogP contribution in [0.3, 0.4) is 0 Å². The molecule has 2 rings (SSSR count). The van der Waals surface area contributed by atoms with Crippen molar-refractivity contribution in [1.82, 2.24) is 10.2 Å². The van der Waals surface area contributed by atoms with Crippen LogP contribution in [0.1, 0.15) is 52.2 Å². The Labute approximate surface area is 214 Å². The zero-order chi connectivity index (χ0) is 26.4. The molecule has 1 unspecified atom stereocenters. The fraction of sp³-hybridized carbons (Fsp3) is 0.462. The van der Waals surface area contributed by atoms with E-state index >= 15 is 0 Å². The van der Waals surface area contributed by atoms with Crippen molar-refractivity contribution < 1.29 is 18.0 Å². The van der Waals surface area contributed by atoms with Gasteiger partial charge < -0.3 is 10.2 Å². The lowest BCUT2D eigenvalue weighted by atomic mass is 10.1. The number of nitrogens with zero attached hydrogens (tertiary/aromatic N) is 2. The topological polar surface area (TPSA) is 86.8 Å². The number of halogens is 1. The van der Waals surface area contributed by atoms with Gasteiger partial charge in [0.05, 0.1) is 11.9 Å². The lowest BCUT2D eigenvalue weighted by Crippen LogP contribution is -2.55. The van der Waals surface area contributed by atoms with Crippen LogP contribution in [-0.4, -0.2) is 49.5 Å². The summed E-state index contributed by atoms with van der Waals surface area (Å²) in [5.41, 5.74) is 1.75. The van der Waals surface area contributed by atoms with Crippen LogP contribution >= 0.6 is 11.6 Å². The summed E-state index contributed by atoms with van der Waals surface area (Å²) >= 11 is 6.01. The highest BCUT2D eigenvalue weighted by molar-refractivity contribution is 7.92. The van der Waals surface area contributed by atoms with Gasteiger partial charge in [0.2, 0.25) is 21.8 Å². The molecule has 1 atom stereocenters. The van der Waals surface area contributed by atoms with E-state index in [1.807, 2.05) is 46.8 Å². The van der Waals surface area contributed by atoms with E-state index in [9.17, 15) is 18.0 Å². The zero-order valence-electron chi connectivity index (χ0n) is 21.3. The third-order valence-electron chi connectivity index (χ3n) is 5.46. The molecule has 1 N–H and O–H groups in total. The summed E-state index contributed by atoms with van der Waals surface area (Å²) in [7, 11) is -3.76. The van der Waals surface area contributed by atoms with Crippen LogP contribution in [0.2, 0.25) is 5.02 Å². The second-order valence-corrected chi connectivity index (χ2v) is 11.9. The Hall–Kier alpha value is -2.58. The second-order valence-electron chi connectivity index (χ2n) is 9.60. The predicted molar refractivity (Wildman–Crippen MR) is 142 cm³/mol. The number of anilines is 1. The normalized spacial score (nSPS) is 12.7. The molecule has 0 saturated heterocycles. The summed E-state index contributed by atoms with van der Waals surface area (Å²) in [6.45, 7) is 9.16. The number of aryl methyl sites for hydroxylation is 1. The quantitative estimate of drug-likeness (QED) is 0.502. The van der Waals surface area contributed by atoms with Gasteiger partial charge in [-0.3, -0.25) is 13.9 Å². The largest absolute Gasteiger partial charge is 0.350 e. The van der Waals surface area contributed by atoms with E-state index in [4.69, 9.17) is 11.6 Å². The Balaban J connectivity index is 2.44. The average Bonchev–Trinajstić information content (AvgIpc) is 2.76. The number of hydrogen-bond donors (Lipinski definition) is 1. The van der Waals surface area contributed by atoms with Crippen molar-refractivity contribution in [3.63, 3.8) is 0 Å². The zero-order valence-corrected chi connectivity index (χ0v) is 22.9. The third kappa shape index (κ3) is 8.54. The molecular weight excluding hydrogens is 486 g/mol. The molecule has 192 valence electrons. The Morgan fingerprint density at radius 2 is 1.51 bits per heavy atom. The molecule has 35 heavy (non-hydrogen) atoms. The first-order valence-electron chi connectivity index (χ1n) is 11.7. The van der Waals surface area contributed by atoms with Crippen LogP contribution in [0.4, 0.5) is 5.69 Å². The molecule has 0 saturated carbocycles. The molecule has 7 nitrogen and oxygen atoms in total. The van der Waals surface area contributed by atoms with Gasteiger partial charge >= 0.3 is 0 Å². The molecular formula is C26H36ClN3O4S. The number of rotatable bonds is 10. The molecule has 0 aromatic heterocycles. The smallest absolute Gasteiger partial charge is 0.244 e. The van der Waals surface area contributed by atoms with Crippen molar-refractivity contribution in [3.05, 3.63) is 64.7 Å². The summed E-state index contributed by atoms with van der Waals surface area (Å²) < 4.78 is 26.4. The highest BCUT2D eigenvalue weighted by Gasteiger charge is 2.33. The number of nitrogens with one attached hydrogen (secondary N) is 1. The molecule has 0 aliphatic heterocycles. The number of carbonyl (C=O) groups is 2. The minimum Gasteiger partial charge on any atom is -0.350 e. The van der Waals surface area contributed by atoms with Gasteiger partial charge in [0.25, 0.3) is 0 Å². The molecule has 0 heterocycles. The standard InChI is InChI=1S/C26H36ClN3O4S/c1-7-19-11-15-22(16-12-19)30(35(6,33)34)18-24(31)29(17-20-9-13-21(27)14-10-20)23(8-2)25(32)28-26(3,4)5/h9-16,23H,7-8,17-18H2,1-6H3,(H,28,32). The molecule has 0 bridgehead atoms. The van der Waals surface area contributed by atoms with Crippen molar-refractivity contribution in [2.75, 3.05) is 17.1 Å². The fourth-order valence-electron chi connectivity index (χ4n) is 3.67. The number of hydrogen-bond acceptors (Lipinski definition) is 4. The highest BCUT2D eigenvalue weighted by atomic mass is 35.5. The summed E-state index contributed by atoms with van der Waals surface area (Å²) in [4.78, 5) is 28.2. The first kappa shape index (κ1) is 28.7. The fourth-order valence-corrected chi connectivity index (χ4v) is 4.65.